The van der Waals surface area contributed by atoms with Gasteiger partial charge in [-0.2, -0.15) is 13.2 Å². The van der Waals surface area contributed by atoms with Crippen molar-refractivity contribution in [1.82, 2.24) is 5.32 Å². The number of benzene rings is 1. The van der Waals surface area contributed by atoms with E-state index in [1.54, 1.807) is 0 Å². The van der Waals surface area contributed by atoms with Crippen LogP contribution in [-0.4, -0.2) is 29.8 Å². The number of carbonyl (C=O) groups excluding carboxylic acids is 1. The highest BCUT2D eigenvalue weighted by Crippen LogP contribution is 2.21. The maximum atomic E-state index is 13.3. The molecular weight excluding hydrogens is 322 g/mol. The van der Waals surface area contributed by atoms with Crippen LogP contribution in [-0.2, 0) is 0 Å². The van der Waals surface area contributed by atoms with Gasteiger partial charge in [0.2, 0.25) is 0 Å². The second-order valence-corrected chi connectivity index (χ2v) is 4.22. The van der Waals surface area contributed by atoms with Crippen LogP contribution < -0.4 is 5.32 Å². The topological polar surface area (TPSA) is 49.3 Å². The number of aliphatic hydroxyl groups excluding tert-OH is 1. The number of rotatable bonds is 3. The van der Waals surface area contributed by atoms with Gasteiger partial charge in [0.05, 0.1) is 12.1 Å². The van der Waals surface area contributed by atoms with E-state index in [-0.39, 0.29) is 4.47 Å². The Morgan fingerprint density at radius 1 is 1.44 bits per heavy atom. The first-order valence-corrected chi connectivity index (χ1v) is 5.49. The number of aliphatic hydroxyl groups is 1. The lowest BCUT2D eigenvalue weighted by Gasteiger charge is -2.15. The van der Waals surface area contributed by atoms with Crippen molar-refractivity contribution in [1.29, 1.82) is 0 Å². The minimum absolute atomic E-state index is 0.112. The molecule has 0 bridgehead atoms. The van der Waals surface area contributed by atoms with Crippen molar-refractivity contribution in [3.8, 4) is 0 Å². The minimum Gasteiger partial charge on any atom is -0.382 e. The van der Waals surface area contributed by atoms with Crippen LogP contribution in [0.2, 0.25) is 0 Å². The maximum absolute atomic E-state index is 13.3. The lowest BCUT2D eigenvalue weighted by molar-refractivity contribution is -0.201. The molecule has 100 valence electrons. The van der Waals surface area contributed by atoms with Gasteiger partial charge >= 0.3 is 6.18 Å². The molecule has 3 nitrogen and oxygen atoms in total. The third kappa shape index (κ3) is 3.67. The van der Waals surface area contributed by atoms with Crippen molar-refractivity contribution < 1.29 is 27.5 Å². The lowest BCUT2D eigenvalue weighted by Crippen LogP contribution is -2.41. The number of carbonyl (C=O) groups is 1. The molecule has 0 aliphatic heterocycles. The van der Waals surface area contributed by atoms with Crippen LogP contribution in [0, 0.1) is 5.82 Å². The van der Waals surface area contributed by atoms with Gasteiger partial charge in [-0.1, -0.05) is 6.07 Å². The summed E-state index contributed by atoms with van der Waals surface area (Å²) in [5, 5.41) is 10.5. The summed E-state index contributed by atoms with van der Waals surface area (Å²) < 4.78 is 49.3. The molecule has 0 aliphatic carbocycles. The van der Waals surface area contributed by atoms with Crippen LogP contribution in [0.25, 0.3) is 0 Å². The van der Waals surface area contributed by atoms with Crippen molar-refractivity contribution in [3.63, 3.8) is 0 Å². The molecule has 1 aromatic rings. The Hall–Kier alpha value is -1.15. The van der Waals surface area contributed by atoms with Crippen LogP contribution in [0.3, 0.4) is 0 Å². The van der Waals surface area contributed by atoms with Gasteiger partial charge in [0.15, 0.2) is 6.10 Å². The fraction of sp³-hybridized carbons (Fsp3) is 0.300. The Kier molecular flexibility index (Phi) is 4.69. The van der Waals surface area contributed by atoms with E-state index in [1.807, 2.05) is 5.32 Å². The molecule has 1 aromatic carbocycles. The molecule has 0 aliphatic rings. The summed E-state index contributed by atoms with van der Waals surface area (Å²) >= 11 is 2.91. The summed E-state index contributed by atoms with van der Waals surface area (Å²) in [5.74, 6) is -1.91. The van der Waals surface area contributed by atoms with Crippen LogP contribution in [0.4, 0.5) is 17.6 Å². The third-order valence-corrected chi connectivity index (χ3v) is 2.68. The standard InChI is InChI=1S/C10H8BrF4NO2/c11-5-2-1-3-6(12)8(5)9(18)16-4-7(17)10(13,14)15/h1-3,7,17H,4H2,(H,16,18). The molecule has 18 heavy (non-hydrogen) atoms. The zero-order chi connectivity index (χ0) is 13.9. The lowest BCUT2D eigenvalue weighted by atomic mass is 10.2. The first-order chi connectivity index (χ1) is 8.23. The second kappa shape index (κ2) is 5.66. The van der Waals surface area contributed by atoms with E-state index in [0.29, 0.717) is 0 Å². The summed E-state index contributed by atoms with van der Waals surface area (Å²) in [5.41, 5.74) is -0.410. The molecular formula is C10H8BrF4NO2. The number of alkyl halides is 3. The van der Waals surface area contributed by atoms with Crippen LogP contribution in [0.1, 0.15) is 10.4 Å². The van der Waals surface area contributed by atoms with E-state index < -0.39 is 36.1 Å². The highest BCUT2D eigenvalue weighted by molar-refractivity contribution is 9.10. The summed E-state index contributed by atoms with van der Waals surface area (Å²) in [6, 6.07) is 3.71. The average Bonchev–Trinajstić information content (AvgIpc) is 2.24. The maximum Gasteiger partial charge on any atom is 0.416 e. The minimum atomic E-state index is -4.83. The quantitative estimate of drug-likeness (QED) is 0.835. The second-order valence-electron chi connectivity index (χ2n) is 3.36. The molecule has 1 amide bonds. The molecule has 0 radical (unpaired) electrons. The van der Waals surface area contributed by atoms with Crippen molar-refractivity contribution >= 4 is 21.8 Å². The van der Waals surface area contributed by atoms with E-state index in [4.69, 9.17) is 5.11 Å². The predicted molar refractivity (Wildman–Crippen MR) is 58.5 cm³/mol. The zero-order valence-electron chi connectivity index (χ0n) is 8.76. The first kappa shape index (κ1) is 14.9. The van der Waals surface area contributed by atoms with E-state index in [0.717, 1.165) is 6.07 Å². The van der Waals surface area contributed by atoms with E-state index in [1.165, 1.54) is 12.1 Å². The van der Waals surface area contributed by atoms with E-state index >= 15 is 0 Å². The Bertz CT molecular complexity index is 430. The van der Waals surface area contributed by atoms with Crippen LogP contribution in [0.5, 0.6) is 0 Å². The zero-order valence-corrected chi connectivity index (χ0v) is 10.3. The third-order valence-electron chi connectivity index (χ3n) is 2.02. The number of nitrogens with one attached hydrogen (secondary N) is 1. The van der Waals surface area contributed by atoms with Gasteiger partial charge in [0, 0.05) is 4.47 Å². The van der Waals surface area contributed by atoms with Gasteiger partial charge in [-0.25, -0.2) is 4.39 Å². The smallest absolute Gasteiger partial charge is 0.382 e. The molecule has 0 fully saturated rings. The Labute approximate surface area is 108 Å². The van der Waals surface area contributed by atoms with Crippen LogP contribution >= 0.6 is 15.9 Å². The molecule has 1 rings (SSSR count). The molecule has 2 N–H and O–H groups in total. The molecule has 8 heteroatoms. The molecule has 0 heterocycles. The normalized spacial score (nSPS) is 13.2. The number of hydrogen-bond donors (Lipinski definition) is 2. The van der Waals surface area contributed by atoms with Gasteiger partial charge in [0.25, 0.3) is 5.91 Å². The van der Waals surface area contributed by atoms with Crippen LogP contribution in [0.15, 0.2) is 22.7 Å². The monoisotopic (exact) mass is 329 g/mol. The van der Waals surface area contributed by atoms with Gasteiger partial charge in [-0.15, -0.1) is 0 Å². The summed E-state index contributed by atoms with van der Waals surface area (Å²) in [4.78, 5) is 11.5. The van der Waals surface area contributed by atoms with Gasteiger partial charge in [-0.05, 0) is 28.1 Å². The van der Waals surface area contributed by atoms with Crippen molar-refractivity contribution in [3.05, 3.63) is 34.1 Å². The SMILES string of the molecule is O=C(NCC(O)C(F)(F)F)c1c(F)cccc1Br. The first-order valence-electron chi connectivity index (χ1n) is 4.70. The molecule has 0 spiro atoms. The molecule has 0 aromatic heterocycles. The van der Waals surface area contributed by atoms with Gasteiger partial charge in [0.1, 0.15) is 5.82 Å². The molecule has 1 unspecified atom stereocenters. The summed E-state index contributed by atoms with van der Waals surface area (Å²) in [6.45, 7) is -1.04. The number of amides is 1. The van der Waals surface area contributed by atoms with E-state index in [9.17, 15) is 22.4 Å². The Morgan fingerprint density at radius 3 is 2.56 bits per heavy atom. The van der Waals surface area contributed by atoms with Crippen molar-refractivity contribution in [2.24, 2.45) is 0 Å². The fourth-order valence-electron chi connectivity index (χ4n) is 1.11. The fourth-order valence-corrected chi connectivity index (χ4v) is 1.63. The molecule has 1 atom stereocenters. The highest BCUT2D eigenvalue weighted by atomic mass is 79.9. The summed E-state index contributed by atoms with van der Waals surface area (Å²) in [7, 11) is 0. The van der Waals surface area contributed by atoms with Gasteiger partial charge < -0.3 is 10.4 Å². The number of halogens is 5. The molecule has 0 saturated carbocycles. The Morgan fingerprint density at radius 2 is 2.06 bits per heavy atom. The van der Waals surface area contributed by atoms with Crippen molar-refractivity contribution in [2.45, 2.75) is 12.3 Å². The van der Waals surface area contributed by atoms with Crippen molar-refractivity contribution in [2.75, 3.05) is 6.54 Å². The summed E-state index contributed by atoms with van der Waals surface area (Å²) in [6.07, 6.45) is -7.52. The van der Waals surface area contributed by atoms with Gasteiger partial charge in [-0.3, -0.25) is 4.79 Å². The Balaban J connectivity index is 2.73. The molecule has 0 saturated heterocycles. The number of hydrogen-bond acceptors (Lipinski definition) is 2. The average molecular weight is 330 g/mol. The largest absolute Gasteiger partial charge is 0.416 e. The predicted octanol–water partition coefficient (Wildman–Crippen LogP) is 2.24. The highest BCUT2D eigenvalue weighted by Gasteiger charge is 2.38. The van der Waals surface area contributed by atoms with E-state index in [2.05, 4.69) is 15.9 Å².